The van der Waals surface area contributed by atoms with Crippen molar-refractivity contribution >= 4 is 6.08 Å². The van der Waals surface area contributed by atoms with Crippen LogP contribution in [0.2, 0.25) is 0 Å². The maximum Gasteiger partial charge on any atom is 0.212 e. The molecule has 0 unspecified atom stereocenters. The molecule has 70 valence electrons. The first-order valence-corrected chi connectivity index (χ1v) is 4.25. The molecule has 0 aromatic carbocycles. The number of nitrogens with zero attached hydrogens (tertiary/aromatic N) is 1. The van der Waals surface area contributed by atoms with E-state index in [-0.39, 0.29) is 0 Å². The summed E-state index contributed by atoms with van der Waals surface area (Å²) in [6.45, 7) is 0.950. The van der Waals surface area contributed by atoms with Crippen molar-refractivity contribution < 1.29 is 4.39 Å². The Morgan fingerprint density at radius 2 is 2.38 bits per heavy atom. The average molecular weight is 180 g/mol. The summed E-state index contributed by atoms with van der Waals surface area (Å²) in [7, 11) is 1.91. The minimum absolute atomic E-state index is 0.438. The molecule has 0 aliphatic rings. The van der Waals surface area contributed by atoms with Crippen molar-refractivity contribution in [1.29, 1.82) is 0 Å². The number of hydrogen-bond acceptors (Lipinski definition) is 2. The zero-order valence-corrected chi connectivity index (χ0v) is 7.63. The minimum atomic E-state index is -0.438. The quantitative estimate of drug-likeness (QED) is 0.565. The Labute approximate surface area is 77.5 Å². The molecule has 0 spiro atoms. The maximum absolute atomic E-state index is 12.4. The molecule has 13 heavy (non-hydrogen) atoms. The predicted molar refractivity (Wildman–Crippen MR) is 51.8 cm³/mol. The summed E-state index contributed by atoms with van der Waals surface area (Å²) in [6.07, 6.45) is 6.45. The van der Waals surface area contributed by atoms with Gasteiger partial charge < -0.3 is 5.32 Å². The highest BCUT2D eigenvalue weighted by atomic mass is 19.1. The Morgan fingerprint density at radius 1 is 1.54 bits per heavy atom. The Bertz CT molecular complexity index is 267. The summed E-state index contributed by atoms with van der Waals surface area (Å²) in [4.78, 5) is 3.54. The van der Waals surface area contributed by atoms with Crippen molar-refractivity contribution in [2.45, 2.75) is 6.42 Å². The van der Waals surface area contributed by atoms with Gasteiger partial charge in [0.05, 0.1) is 0 Å². The summed E-state index contributed by atoms with van der Waals surface area (Å²) in [5.74, 6) is -0.438. The average Bonchev–Trinajstić information content (AvgIpc) is 2.15. The Balaban J connectivity index is 2.44. The lowest BCUT2D eigenvalue weighted by Crippen LogP contribution is -2.05. The number of nitrogens with one attached hydrogen (secondary N) is 1. The van der Waals surface area contributed by atoms with Crippen molar-refractivity contribution in [2.75, 3.05) is 13.6 Å². The SMILES string of the molecule is CNCCC=Cc1ccc(F)nc1. The minimum Gasteiger partial charge on any atom is -0.319 e. The molecule has 0 amide bonds. The molecule has 0 bridgehead atoms. The Kier molecular flexibility index (Phi) is 4.12. The summed E-state index contributed by atoms with van der Waals surface area (Å²) in [6, 6.07) is 3.07. The zero-order chi connectivity index (χ0) is 9.52. The normalized spacial score (nSPS) is 10.9. The van der Waals surface area contributed by atoms with Crippen molar-refractivity contribution in [1.82, 2.24) is 10.3 Å². The molecule has 2 nitrogen and oxygen atoms in total. The number of rotatable bonds is 4. The number of aromatic nitrogens is 1. The maximum atomic E-state index is 12.4. The van der Waals surface area contributed by atoms with Gasteiger partial charge in [0.2, 0.25) is 5.95 Å². The molecule has 3 heteroatoms. The molecular weight excluding hydrogens is 167 g/mol. The van der Waals surface area contributed by atoms with E-state index in [0.29, 0.717) is 0 Å². The van der Waals surface area contributed by atoms with Crippen molar-refractivity contribution in [3.63, 3.8) is 0 Å². The van der Waals surface area contributed by atoms with Crippen molar-refractivity contribution in [3.8, 4) is 0 Å². The molecule has 0 radical (unpaired) electrons. The Hall–Kier alpha value is -1.22. The molecule has 1 aromatic rings. The molecule has 1 N–H and O–H groups in total. The number of halogens is 1. The van der Waals surface area contributed by atoms with Gasteiger partial charge in [0.1, 0.15) is 0 Å². The van der Waals surface area contributed by atoms with Crippen LogP contribution < -0.4 is 5.32 Å². The fraction of sp³-hybridized carbons (Fsp3) is 0.300. The van der Waals surface area contributed by atoms with Gasteiger partial charge in [0.15, 0.2) is 0 Å². The summed E-state index contributed by atoms with van der Waals surface area (Å²) in [5.41, 5.74) is 0.928. The first-order valence-electron chi connectivity index (χ1n) is 4.25. The van der Waals surface area contributed by atoms with Crippen LogP contribution >= 0.6 is 0 Å². The Morgan fingerprint density at radius 3 is 3.00 bits per heavy atom. The fourth-order valence-electron chi connectivity index (χ4n) is 0.933. The highest BCUT2D eigenvalue weighted by Gasteiger charge is 1.89. The van der Waals surface area contributed by atoms with Crippen LogP contribution in [0.5, 0.6) is 0 Å². The van der Waals surface area contributed by atoms with Crippen LogP contribution in [0.1, 0.15) is 12.0 Å². The summed E-state index contributed by atoms with van der Waals surface area (Å²) < 4.78 is 12.4. The van der Waals surface area contributed by atoms with Crippen LogP contribution in [0, 0.1) is 5.95 Å². The van der Waals surface area contributed by atoms with Crippen molar-refractivity contribution in [3.05, 3.63) is 35.9 Å². The zero-order valence-electron chi connectivity index (χ0n) is 7.63. The predicted octanol–water partition coefficient (Wildman–Crippen LogP) is 1.84. The molecule has 0 saturated carbocycles. The second kappa shape index (κ2) is 5.43. The van der Waals surface area contributed by atoms with E-state index < -0.39 is 5.95 Å². The van der Waals surface area contributed by atoms with Crippen LogP contribution in [0.3, 0.4) is 0 Å². The third kappa shape index (κ3) is 3.80. The fourth-order valence-corrected chi connectivity index (χ4v) is 0.933. The first kappa shape index (κ1) is 9.86. The van der Waals surface area contributed by atoms with Crippen LogP contribution in [0.4, 0.5) is 4.39 Å². The summed E-state index contributed by atoms with van der Waals surface area (Å²) >= 11 is 0. The van der Waals surface area contributed by atoms with Gasteiger partial charge in [-0.25, -0.2) is 4.98 Å². The van der Waals surface area contributed by atoms with Crippen LogP contribution in [0.25, 0.3) is 6.08 Å². The van der Waals surface area contributed by atoms with Crippen LogP contribution in [0.15, 0.2) is 24.4 Å². The third-order valence-corrected chi connectivity index (χ3v) is 1.62. The highest BCUT2D eigenvalue weighted by Crippen LogP contribution is 2.01. The molecule has 0 saturated heterocycles. The van der Waals surface area contributed by atoms with Gasteiger partial charge in [0.25, 0.3) is 0 Å². The lowest BCUT2D eigenvalue weighted by Gasteiger charge is -1.93. The van der Waals surface area contributed by atoms with Gasteiger partial charge >= 0.3 is 0 Å². The second-order valence-corrected chi connectivity index (χ2v) is 2.71. The standard InChI is InChI=1S/C10H13FN2/c1-12-7-3-2-4-9-5-6-10(11)13-8-9/h2,4-6,8,12H,3,7H2,1H3. The van der Waals surface area contributed by atoms with Crippen molar-refractivity contribution in [2.24, 2.45) is 0 Å². The molecule has 0 aliphatic carbocycles. The lowest BCUT2D eigenvalue weighted by atomic mass is 10.2. The molecular formula is C10H13FN2. The molecule has 0 aliphatic heterocycles. The van der Waals surface area contributed by atoms with Gasteiger partial charge in [-0.1, -0.05) is 12.2 Å². The van der Waals surface area contributed by atoms with E-state index in [1.807, 2.05) is 19.2 Å². The molecule has 0 atom stereocenters. The summed E-state index contributed by atoms with van der Waals surface area (Å²) in [5, 5.41) is 3.04. The first-order chi connectivity index (χ1) is 6.33. The van der Waals surface area contributed by atoms with Crippen LogP contribution in [-0.2, 0) is 0 Å². The topological polar surface area (TPSA) is 24.9 Å². The van der Waals surface area contributed by atoms with Gasteiger partial charge in [-0.05, 0) is 37.7 Å². The largest absolute Gasteiger partial charge is 0.319 e. The van der Waals surface area contributed by atoms with Gasteiger partial charge in [-0.2, -0.15) is 4.39 Å². The molecule has 1 heterocycles. The monoisotopic (exact) mass is 180 g/mol. The van der Waals surface area contributed by atoms with E-state index in [1.54, 1.807) is 6.07 Å². The smallest absolute Gasteiger partial charge is 0.212 e. The van der Waals surface area contributed by atoms with Gasteiger partial charge in [-0.15, -0.1) is 0 Å². The van der Waals surface area contributed by atoms with E-state index in [9.17, 15) is 4.39 Å². The molecule has 1 rings (SSSR count). The highest BCUT2D eigenvalue weighted by molar-refractivity contribution is 5.47. The van der Waals surface area contributed by atoms with E-state index in [4.69, 9.17) is 0 Å². The van der Waals surface area contributed by atoms with E-state index in [0.717, 1.165) is 18.5 Å². The molecule has 0 fully saturated rings. The number of hydrogen-bond donors (Lipinski definition) is 1. The number of pyridine rings is 1. The lowest BCUT2D eigenvalue weighted by molar-refractivity contribution is 0.583. The van der Waals surface area contributed by atoms with Crippen LogP contribution in [-0.4, -0.2) is 18.6 Å². The van der Waals surface area contributed by atoms with E-state index in [1.165, 1.54) is 12.3 Å². The third-order valence-electron chi connectivity index (χ3n) is 1.62. The second-order valence-electron chi connectivity index (χ2n) is 2.71. The van der Waals surface area contributed by atoms with Gasteiger partial charge in [-0.3, -0.25) is 0 Å². The molecule has 1 aromatic heterocycles. The van der Waals surface area contributed by atoms with E-state index >= 15 is 0 Å². The van der Waals surface area contributed by atoms with E-state index in [2.05, 4.69) is 10.3 Å². The van der Waals surface area contributed by atoms with Gasteiger partial charge in [0, 0.05) is 6.20 Å².